The van der Waals surface area contributed by atoms with Gasteiger partial charge in [-0.05, 0) is 30.2 Å². The molecule has 16 heavy (non-hydrogen) atoms. The van der Waals surface area contributed by atoms with Crippen LogP contribution in [0.3, 0.4) is 0 Å². The molecule has 0 aromatic heterocycles. The van der Waals surface area contributed by atoms with Crippen LogP contribution in [0.2, 0.25) is 0 Å². The number of nitrogen functional groups attached to an aromatic ring is 1. The average Bonchev–Trinajstić information content (AvgIpc) is 2.12. The quantitative estimate of drug-likeness (QED) is 0.851. The first-order chi connectivity index (χ1) is 7.43. The van der Waals surface area contributed by atoms with E-state index < -0.39 is 9.84 Å². The van der Waals surface area contributed by atoms with Crippen LogP contribution in [0.1, 0.15) is 25.3 Å². The van der Waals surface area contributed by atoms with E-state index in [4.69, 9.17) is 5.73 Å². The molecule has 0 amide bonds. The van der Waals surface area contributed by atoms with Crippen molar-refractivity contribution in [3.63, 3.8) is 0 Å². The van der Waals surface area contributed by atoms with E-state index in [9.17, 15) is 8.42 Å². The third kappa shape index (κ3) is 4.53. The number of anilines is 1. The number of unbranched alkanes of at least 4 members (excludes halogenated alkanes) is 1. The van der Waals surface area contributed by atoms with Crippen molar-refractivity contribution < 1.29 is 8.42 Å². The molecule has 90 valence electrons. The molecule has 0 radical (unpaired) electrons. The average molecular weight is 306 g/mol. The van der Waals surface area contributed by atoms with Crippen molar-refractivity contribution in [2.24, 2.45) is 0 Å². The Bertz CT molecular complexity index is 437. The summed E-state index contributed by atoms with van der Waals surface area (Å²) in [7, 11) is -3.01. The Morgan fingerprint density at radius 2 is 2.00 bits per heavy atom. The summed E-state index contributed by atoms with van der Waals surface area (Å²) in [4.78, 5) is 0. The summed E-state index contributed by atoms with van der Waals surface area (Å²) >= 11 is 3.30. The molecule has 0 spiro atoms. The molecule has 1 aromatic rings. The van der Waals surface area contributed by atoms with E-state index in [1.807, 2.05) is 6.92 Å². The van der Waals surface area contributed by atoms with Gasteiger partial charge in [0.2, 0.25) is 0 Å². The molecule has 0 unspecified atom stereocenters. The normalized spacial score (nSPS) is 11.6. The van der Waals surface area contributed by atoms with Crippen molar-refractivity contribution in [3.8, 4) is 0 Å². The highest BCUT2D eigenvalue weighted by Crippen LogP contribution is 2.19. The molecule has 0 aliphatic heterocycles. The number of benzene rings is 1. The molecule has 0 aliphatic carbocycles. The van der Waals surface area contributed by atoms with Gasteiger partial charge in [-0.25, -0.2) is 8.42 Å². The molecule has 0 bridgehead atoms. The van der Waals surface area contributed by atoms with E-state index in [2.05, 4.69) is 15.9 Å². The van der Waals surface area contributed by atoms with Crippen LogP contribution in [0.4, 0.5) is 5.69 Å². The summed E-state index contributed by atoms with van der Waals surface area (Å²) in [5.41, 5.74) is 6.97. The van der Waals surface area contributed by atoms with Crippen molar-refractivity contribution in [3.05, 3.63) is 28.2 Å². The van der Waals surface area contributed by atoms with Crippen molar-refractivity contribution in [2.45, 2.75) is 25.5 Å². The highest BCUT2D eigenvalue weighted by atomic mass is 79.9. The maximum absolute atomic E-state index is 11.7. The highest BCUT2D eigenvalue weighted by Gasteiger charge is 2.11. The number of sulfone groups is 1. The fraction of sp³-hybridized carbons (Fsp3) is 0.455. The van der Waals surface area contributed by atoms with E-state index in [-0.39, 0.29) is 11.5 Å². The SMILES string of the molecule is CCCCS(=O)(=O)Cc1cc(N)cc(Br)c1. The van der Waals surface area contributed by atoms with Gasteiger partial charge in [0.15, 0.2) is 9.84 Å². The first-order valence-electron chi connectivity index (χ1n) is 5.18. The lowest BCUT2D eigenvalue weighted by Crippen LogP contribution is -2.09. The Kier molecular flexibility index (Phi) is 4.80. The fourth-order valence-electron chi connectivity index (χ4n) is 1.45. The predicted octanol–water partition coefficient (Wildman–Crippen LogP) is 2.75. The molecule has 0 aliphatic rings. The van der Waals surface area contributed by atoms with Gasteiger partial charge in [-0.3, -0.25) is 0 Å². The second kappa shape index (κ2) is 5.68. The lowest BCUT2D eigenvalue weighted by Gasteiger charge is -2.05. The van der Waals surface area contributed by atoms with Crippen molar-refractivity contribution in [1.82, 2.24) is 0 Å². The fourth-order valence-corrected chi connectivity index (χ4v) is 3.55. The van der Waals surface area contributed by atoms with E-state index in [1.165, 1.54) is 0 Å². The third-order valence-electron chi connectivity index (χ3n) is 2.18. The lowest BCUT2D eigenvalue weighted by atomic mass is 10.2. The van der Waals surface area contributed by atoms with Crippen LogP contribution in [0.15, 0.2) is 22.7 Å². The third-order valence-corrected chi connectivity index (χ3v) is 4.32. The molecule has 3 nitrogen and oxygen atoms in total. The minimum atomic E-state index is -3.01. The zero-order valence-electron chi connectivity index (χ0n) is 9.24. The van der Waals surface area contributed by atoms with Crippen LogP contribution in [0.25, 0.3) is 0 Å². The molecule has 0 saturated carbocycles. The van der Waals surface area contributed by atoms with Gasteiger partial charge in [-0.15, -0.1) is 0 Å². The summed E-state index contributed by atoms with van der Waals surface area (Å²) in [5.74, 6) is 0.312. The lowest BCUT2D eigenvalue weighted by molar-refractivity contribution is 0.592. The highest BCUT2D eigenvalue weighted by molar-refractivity contribution is 9.10. The van der Waals surface area contributed by atoms with Crippen LogP contribution in [0.5, 0.6) is 0 Å². The van der Waals surface area contributed by atoms with E-state index in [1.54, 1.807) is 18.2 Å². The standard InChI is InChI=1S/C11H16BrNO2S/c1-2-3-4-16(14,15)8-9-5-10(12)7-11(13)6-9/h5-7H,2-4,8,13H2,1H3. The molecule has 1 rings (SSSR count). The molecule has 0 fully saturated rings. The smallest absolute Gasteiger partial charge is 0.154 e. The molecular weight excluding hydrogens is 290 g/mol. The summed E-state index contributed by atoms with van der Waals surface area (Å²) in [6.07, 6.45) is 1.60. The molecule has 1 aromatic carbocycles. The maximum atomic E-state index is 11.7. The Morgan fingerprint density at radius 3 is 2.56 bits per heavy atom. The Hall–Kier alpha value is -0.550. The van der Waals surface area contributed by atoms with Crippen LogP contribution in [0, 0.1) is 0 Å². The van der Waals surface area contributed by atoms with Gasteiger partial charge in [0.1, 0.15) is 0 Å². The number of hydrogen-bond acceptors (Lipinski definition) is 3. The second-order valence-electron chi connectivity index (χ2n) is 3.84. The van der Waals surface area contributed by atoms with E-state index >= 15 is 0 Å². The molecule has 2 N–H and O–H groups in total. The number of rotatable bonds is 5. The zero-order valence-corrected chi connectivity index (χ0v) is 11.6. The van der Waals surface area contributed by atoms with Gasteiger partial charge in [0.25, 0.3) is 0 Å². The van der Waals surface area contributed by atoms with Gasteiger partial charge in [0, 0.05) is 10.2 Å². The summed E-state index contributed by atoms with van der Waals surface area (Å²) in [5, 5.41) is 0. The number of halogens is 1. The van der Waals surface area contributed by atoms with Crippen molar-refractivity contribution >= 4 is 31.5 Å². The molecule has 5 heteroatoms. The summed E-state index contributed by atoms with van der Waals surface area (Å²) in [6, 6.07) is 5.25. The van der Waals surface area contributed by atoms with Crippen LogP contribution < -0.4 is 5.73 Å². The van der Waals surface area contributed by atoms with Crippen LogP contribution >= 0.6 is 15.9 Å². The van der Waals surface area contributed by atoms with Crippen molar-refractivity contribution in [2.75, 3.05) is 11.5 Å². The van der Waals surface area contributed by atoms with Gasteiger partial charge in [-0.2, -0.15) is 0 Å². The first-order valence-corrected chi connectivity index (χ1v) is 7.80. The van der Waals surface area contributed by atoms with Gasteiger partial charge in [0.05, 0.1) is 11.5 Å². The molecule has 0 atom stereocenters. The molecule has 0 heterocycles. The van der Waals surface area contributed by atoms with Crippen LogP contribution in [-0.2, 0) is 15.6 Å². The Labute approximate surface area is 105 Å². The van der Waals surface area contributed by atoms with Gasteiger partial charge < -0.3 is 5.73 Å². The molecule has 0 saturated heterocycles. The van der Waals surface area contributed by atoms with Crippen molar-refractivity contribution in [1.29, 1.82) is 0 Å². The summed E-state index contributed by atoms with van der Waals surface area (Å²) in [6.45, 7) is 1.98. The summed E-state index contributed by atoms with van der Waals surface area (Å²) < 4.78 is 24.3. The monoisotopic (exact) mass is 305 g/mol. The Balaban J connectivity index is 2.80. The topological polar surface area (TPSA) is 60.2 Å². The van der Waals surface area contributed by atoms with E-state index in [0.717, 1.165) is 16.5 Å². The molecular formula is C11H16BrNO2S. The zero-order chi connectivity index (χ0) is 12.2. The van der Waals surface area contributed by atoms with Crippen LogP contribution in [-0.4, -0.2) is 14.2 Å². The first kappa shape index (κ1) is 13.5. The van der Waals surface area contributed by atoms with Gasteiger partial charge >= 0.3 is 0 Å². The minimum absolute atomic E-state index is 0.0661. The Morgan fingerprint density at radius 1 is 1.31 bits per heavy atom. The van der Waals surface area contributed by atoms with E-state index in [0.29, 0.717) is 12.1 Å². The second-order valence-corrected chi connectivity index (χ2v) is 6.94. The minimum Gasteiger partial charge on any atom is -0.399 e. The number of hydrogen-bond donors (Lipinski definition) is 1. The number of nitrogens with two attached hydrogens (primary N) is 1. The maximum Gasteiger partial charge on any atom is 0.154 e. The predicted molar refractivity (Wildman–Crippen MR) is 71.0 cm³/mol. The van der Waals surface area contributed by atoms with Gasteiger partial charge in [-0.1, -0.05) is 29.3 Å². The largest absolute Gasteiger partial charge is 0.399 e.